The summed E-state index contributed by atoms with van der Waals surface area (Å²) >= 11 is 0. The van der Waals surface area contributed by atoms with Crippen LogP contribution in [0.3, 0.4) is 0 Å². The standard InChI is InChI=1S/C18H15F4N5O/c1-9-3-2-4-12(19)15(9)27-16(23)14(17(24)28)13(26-27)7-11-6-5-10(8-25-11)18(20,21)22/h2-6,8H,7,23H2,1H3,(H2,24,28). The number of carbonyl (C=O) groups excluding carboxylic acids is 1. The van der Waals surface area contributed by atoms with Crippen LogP contribution in [0.2, 0.25) is 0 Å². The summed E-state index contributed by atoms with van der Waals surface area (Å²) in [5, 5.41) is 4.18. The third kappa shape index (κ3) is 3.53. The first-order valence-electron chi connectivity index (χ1n) is 8.04. The van der Waals surface area contributed by atoms with Crippen LogP contribution in [0, 0.1) is 12.7 Å². The summed E-state index contributed by atoms with van der Waals surface area (Å²) in [7, 11) is 0. The number of amides is 1. The van der Waals surface area contributed by atoms with Crippen molar-refractivity contribution in [2.24, 2.45) is 5.73 Å². The summed E-state index contributed by atoms with van der Waals surface area (Å²) in [5.74, 6) is -1.66. The number of hydrogen-bond acceptors (Lipinski definition) is 4. The largest absolute Gasteiger partial charge is 0.417 e. The van der Waals surface area contributed by atoms with E-state index in [-0.39, 0.29) is 34.9 Å². The lowest BCUT2D eigenvalue weighted by molar-refractivity contribution is -0.137. The summed E-state index contributed by atoms with van der Waals surface area (Å²) in [6, 6.07) is 6.39. The molecule has 2 aromatic heterocycles. The molecule has 0 aliphatic carbocycles. The maximum Gasteiger partial charge on any atom is 0.417 e. The maximum absolute atomic E-state index is 14.3. The molecule has 3 aromatic rings. The van der Waals surface area contributed by atoms with Crippen molar-refractivity contribution in [3.8, 4) is 5.69 Å². The third-order valence-corrected chi connectivity index (χ3v) is 4.14. The highest BCUT2D eigenvalue weighted by Crippen LogP contribution is 2.29. The number of anilines is 1. The molecule has 3 rings (SSSR count). The van der Waals surface area contributed by atoms with Crippen LogP contribution >= 0.6 is 0 Å². The molecule has 0 radical (unpaired) electrons. The van der Waals surface area contributed by atoms with E-state index in [1.165, 1.54) is 12.1 Å². The van der Waals surface area contributed by atoms with E-state index >= 15 is 0 Å². The normalized spacial score (nSPS) is 11.6. The molecule has 0 atom stereocenters. The molecule has 1 aromatic carbocycles. The molecule has 6 nitrogen and oxygen atoms in total. The smallest absolute Gasteiger partial charge is 0.383 e. The Morgan fingerprint density at radius 3 is 2.46 bits per heavy atom. The van der Waals surface area contributed by atoms with Crippen molar-refractivity contribution in [3.63, 3.8) is 0 Å². The topological polar surface area (TPSA) is 99.8 Å². The number of aryl methyl sites for hydroxylation is 1. The molecule has 0 spiro atoms. The van der Waals surface area contributed by atoms with Gasteiger partial charge in [0.15, 0.2) is 0 Å². The minimum Gasteiger partial charge on any atom is -0.383 e. The van der Waals surface area contributed by atoms with Gasteiger partial charge in [0.05, 0.1) is 11.3 Å². The van der Waals surface area contributed by atoms with Gasteiger partial charge in [-0.05, 0) is 30.7 Å². The first-order chi connectivity index (χ1) is 13.1. The van der Waals surface area contributed by atoms with Gasteiger partial charge < -0.3 is 11.5 Å². The van der Waals surface area contributed by atoms with Crippen molar-refractivity contribution in [1.29, 1.82) is 0 Å². The first-order valence-corrected chi connectivity index (χ1v) is 8.04. The number of halogens is 4. The second-order valence-corrected chi connectivity index (χ2v) is 6.10. The number of nitrogen functional groups attached to an aromatic ring is 1. The van der Waals surface area contributed by atoms with Crippen LogP contribution in [0.25, 0.3) is 5.69 Å². The monoisotopic (exact) mass is 393 g/mol. The van der Waals surface area contributed by atoms with E-state index in [0.29, 0.717) is 11.8 Å². The fourth-order valence-corrected chi connectivity index (χ4v) is 2.80. The number of alkyl halides is 3. The molecule has 1 amide bonds. The Bertz CT molecular complexity index is 1020. The van der Waals surface area contributed by atoms with E-state index in [9.17, 15) is 22.4 Å². The fourth-order valence-electron chi connectivity index (χ4n) is 2.80. The van der Waals surface area contributed by atoms with Crippen LogP contribution in [0.4, 0.5) is 23.4 Å². The van der Waals surface area contributed by atoms with Crippen LogP contribution in [0.5, 0.6) is 0 Å². The highest BCUT2D eigenvalue weighted by Gasteiger charge is 2.31. The summed E-state index contributed by atoms with van der Waals surface area (Å²) in [5.41, 5.74) is 11.2. The molecule has 146 valence electrons. The van der Waals surface area contributed by atoms with Crippen molar-refractivity contribution < 1.29 is 22.4 Å². The quantitative estimate of drug-likeness (QED) is 0.666. The van der Waals surface area contributed by atoms with Crippen LogP contribution in [0.1, 0.15) is 32.9 Å². The molecule has 0 bridgehead atoms. The Balaban J connectivity index is 2.06. The van der Waals surface area contributed by atoms with Crippen LogP contribution in [-0.2, 0) is 12.6 Å². The lowest BCUT2D eigenvalue weighted by Crippen LogP contribution is -2.15. The molecule has 0 saturated carbocycles. The SMILES string of the molecule is Cc1cccc(F)c1-n1nc(Cc2ccc(C(F)(F)F)cn2)c(C(N)=O)c1N. The predicted octanol–water partition coefficient (Wildman–Crippen LogP) is 3.01. The summed E-state index contributed by atoms with van der Waals surface area (Å²) in [4.78, 5) is 15.6. The summed E-state index contributed by atoms with van der Waals surface area (Å²) in [6.45, 7) is 1.64. The number of carbonyl (C=O) groups is 1. The molecular formula is C18H15F4N5O. The zero-order valence-corrected chi connectivity index (χ0v) is 14.6. The van der Waals surface area contributed by atoms with Crippen molar-refractivity contribution in [2.75, 3.05) is 5.73 Å². The number of hydrogen-bond donors (Lipinski definition) is 2. The molecule has 4 N–H and O–H groups in total. The van der Waals surface area contributed by atoms with Gasteiger partial charge in [-0.1, -0.05) is 12.1 Å². The van der Waals surface area contributed by atoms with Gasteiger partial charge >= 0.3 is 6.18 Å². The van der Waals surface area contributed by atoms with E-state index in [4.69, 9.17) is 11.5 Å². The zero-order chi connectivity index (χ0) is 20.6. The van der Waals surface area contributed by atoms with Gasteiger partial charge in [0.2, 0.25) is 0 Å². The number of pyridine rings is 1. The Hall–Kier alpha value is -3.43. The molecule has 2 heterocycles. The molecule has 0 fully saturated rings. The highest BCUT2D eigenvalue weighted by molar-refractivity contribution is 5.98. The minimum atomic E-state index is -4.52. The number of rotatable bonds is 4. The Morgan fingerprint density at radius 1 is 1.21 bits per heavy atom. The number of aromatic nitrogens is 3. The molecular weight excluding hydrogens is 378 g/mol. The second-order valence-electron chi connectivity index (χ2n) is 6.10. The van der Waals surface area contributed by atoms with E-state index in [0.717, 1.165) is 16.8 Å². The van der Waals surface area contributed by atoms with Gasteiger partial charge in [-0.25, -0.2) is 9.07 Å². The first kappa shape index (κ1) is 19.3. The lowest BCUT2D eigenvalue weighted by Gasteiger charge is -2.09. The van der Waals surface area contributed by atoms with Crippen LogP contribution < -0.4 is 11.5 Å². The van der Waals surface area contributed by atoms with Crippen molar-refractivity contribution in [2.45, 2.75) is 19.5 Å². The van der Waals surface area contributed by atoms with E-state index in [1.807, 2.05) is 0 Å². The molecule has 0 aliphatic heterocycles. The number of nitrogens with zero attached hydrogens (tertiary/aromatic N) is 3. The average Bonchev–Trinajstić information content (AvgIpc) is 2.90. The molecule has 0 aliphatic rings. The van der Waals surface area contributed by atoms with Gasteiger partial charge in [-0.15, -0.1) is 0 Å². The van der Waals surface area contributed by atoms with Crippen molar-refractivity contribution >= 4 is 11.7 Å². The number of nitrogens with two attached hydrogens (primary N) is 2. The van der Waals surface area contributed by atoms with Crippen LogP contribution in [0.15, 0.2) is 36.5 Å². The minimum absolute atomic E-state index is 0.0501. The second kappa shape index (κ2) is 6.95. The Labute approximate surface area is 156 Å². The summed E-state index contributed by atoms with van der Waals surface area (Å²) in [6.07, 6.45) is -3.94. The number of para-hydroxylation sites is 1. The predicted molar refractivity (Wildman–Crippen MR) is 93.2 cm³/mol. The molecule has 28 heavy (non-hydrogen) atoms. The van der Waals surface area contributed by atoms with Gasteiger partial charge in [-0.3, -0.25) is 9.78 Å². The third-order valence-electron chi connectivity index (χ3n) is 4.14. The fraction of sp³-hybridized carbons (Fsp3) is 0.167. The lowest BCUT2D eigenvalue weighted by atomic mass is 10.1. The van der Waals surface area contributed by atoms with E-state index in [1.54, 1.807) is 13.0 Å². The van der Waals surface area contributed by atoms with Crippen molar-refractivity contribution in [1.82, 2.24) is 14.8 Å². The average molecular weight is 393 g/mol. The van der Waals surface area contributed by atoms with E-state index < -0.39 is 23.5 Å². The number of benzene rings is 1. The van der Waals surface area contributed by atoms with Gasteiger partial charge in [0, 0.05) is 18.3 Å². The maximum atomic E-state index is 14.3. The van der Waals surface area contributed by atoms with Crippen LogP contribution in [-0.4, -0.2) is 20.7 Å². The Morgan fingerprint density at radius 2 is 1.93 bits per heavy atom. The van der Waals surface area contributed by atoms with Gasteiger partial charge in [0.1, 0.15) is 22.9 Å². The van der Waals surface area contributed by atoms with Gasteiger partial charge in [-0.2, -0.15) is 18.3 Å². The zero-order valence-electron chi connectivity index (χ0n) is 14.6. The Kier molecular flexibility index (Phi) is 4.80. The summed E-state index contributed by atoms with van der Waals surface area (Å²) < 4.78 is 53.4. The van der Waals surface area contributed by atoms with E-state index in [2.05, 4.69) is 10.1 Å². The molecule has 0 unspecified atom stereocenters. The molecule has 0 saturated heterocycles. The highest BCUT2D eigenvalue weighted by atomic mass is 19.4. The number of primary amides is 1. The van der Waals surface area contributed by atoms with Crippen molar-refractivity contribution in [3.05, 3.63) is 70.4 Å². The van der Waals surface area contributed by atoms with Gasteiger partial charge in [0.25, 0.3) is 5.91 Å². The molecule has 10 heteroatoms.